The van der Waals surface area contributed by atoms with Gasteiger partial charge in [-0.1, -0.05) is 0 Å². The lowest BCUT2D eigenvalue weighted by atomic mass is 10.0. The third kappa shape index (κ3) is 3.45. The van der Waals surface area contributed by atoms with Crippen LogP contribution in [0.4, 0.5) is 0 Å². The molecule has 4 rings (SSSR count). The van der Waals surface area contributed by atoms with Crippen molar-refractivity contribution in [2.75, 3.05) is 13.2 Å². The summed E-state index contributed by atoms with van der Waals surface area (Å²) < 4.78 is 18.2. The monoisotopic (exact) mass is 372 g/mol. The second-order valence-corrected chi connectivity index (χ2v) is 6.76. The van der Waals surface area contributed by atoms with Crippen LogP contribution in [-0.2, 0) is 6.67 Å². The van der Waals surface area contributed by atoms with E-state index in [0.29, 0.717) is 35.8 Å². The van der Waals surface area contributed by atoms with Gasteiger partial charge in [0.2, 0.25) is 0 Å². The summed E-state index contributed by atoms with van der Waals surface area (Å²) in [6.07, 6.45) is 3.93. The number of aromatic nitrogens is 2. The van der Waals surface area contributed by atoms with Crippen molar-refractivity contribution in [3.8, 4) is 17.4 Å². The smallest absolute Gasteiger partial charge is 0.292 e. The van der Waals surface area contributed by atoms with E-state index in [1.807, 2.05) is 25.1 Å². The van der Waals surface area contributed by atoms with E-state index >= 15 is 0 Å². The van der Waals surface area contributed by atoms with E-state index in [1.165, 1.54) is 16.9 Å². The molecule has 0 bridgehead atoms. The molecule has 6 nitrogen and oxygen atoms in total. The van der Waals surface area contributed by atoms with Crippen molar-refractivity contribution in [2.45, 2.75) is 32.5 Å². The van der Waals surface area contributed by atoms with E-state index in [4.69, 9.17) is 25.8 Å². The van der Waals surface area contributed by atoms with E-state index in [1.54, 1.807) is 17.0 Å². The van der Waals surface area contributed by atoms with E-state index in [2.05, 4.69) is 17.2 Å². The topological polar surface area (TPSA) is 57.8 Å². The Morgan fingerprint density at radius 2 is 2.15 bits per heavy atom. The molecule has 3 aromatic rings. The zero-order valence-corrected chi connectivity index (χ0v) is 15.5. The SMILES string of the molecule is CCOc1ccc([C@H]2CCC[NH+]2Cn2nc(-c3ccco3)oc2=S)cc1. The van der Waals surface area contributed by atoms with Crippen LogP contribution in [0.25, 0.3) is 11.7 Å². The van der Waals surface area contributed by atoms with Crippen LogP contribution >= 0.6 is 12.2 Å². The molecule has 0 amide bonds. The first-order chi connectivity index (χ1) is 12.7. The lowest BCUT2D eigenvalue weighted by molar-refractivity contribution is -0.941. The van der Waals surface area contributed by atoms with E-state index < -0.39 is 0 Å². The molecule has 7 heteroatoms. The zero-order chi connectivity index (χ0) is 17.9. The summed E-state index contributed by atoms with van der Waals surface area (Å²) in [4.78, 5) is 1.81. The normalized spacial score (nSPS) is 19.7. The number of rotatable bonds is 6. The van der Waals surface area contributed by atoms with Crippen molar-refractivity contribution in [1.29, 1.82) is 0 Å². The third-order valence-corrected chi connectivity index (χ3v) is 5.06. The van der Waals surface area contributed by atoms with Crippen LogP contribution in [0.5, 0.6) is 5.75 Å². The van der Waals surface area contributed by atoms with Crippen LogP contribution in [0.2, 0.25) is 0 Å². The Labute approximate surface area is 157 Å². The fourth-order valence-corrected chi connectivity index (χ4v) is 3.75. The molecule has 0 saturated carbocycles. The second kappa shape index (κ2) is 7.47. The molecule has 1 fully saturated rings. The number of ether oxygens (including phenoxy) is 1. The first-order valence-electron chi connectivity index (χ1n) is 8.93. The number of furan rings is 1. The average molecular weight is 372 g/mol. The molecule has 1 aromatic carbocycles. The third-order valence-electron chi connectivity index (χ3n) is 4.77. The molecular weight excluding hydrogens is 350 g/mol. The summed E-state index contributed by atoms with van der Waals surface area (Å²) >= 11 is 5.35. The first kappa shape index (κ1) is 17.1. The predicted octanol–water partition coefficient (Wildman–Crippen LogP) is 3.24. The highest BCUT2D eigenvalue weighted by Gasteiger charge is 2.31. The van der Waals surface area contributed by atoms with Gasteiger partial charge in [0.1, 0.15) is 11.8 Å². The van der Waals surface area contributed by atoms with Crippen LogP contribution in [0.3, 0.4) is 0 Å². The van der Waals surface area contributed by atoms with Crippen LogP contribution in [0.1, 0.15) is 31.4 Å². The summed E-state index contributed by atoms with van der Waals surface area (Å²) in [5.74, 6) is 1.93. The summed E-state index contributed by atoms with van der Waals surface area (Å²) in [7, 11) is 0. The maximum atomic E-state index is 5.60. The largest absolute Gasteiger partial charge is 0.494 e. The van der Waals surface area contributed by atoms with E-state index in [0.717, 1.165) is 18.7 Å². The molecule has 2 aromatic heterocycles. The Bertz CT molecular complexity index is 899. The number of hydrogen-bond acceptors (Lipinski definition) is 5. The minimum absolute atomic E-state index is 0.376. The highest BCUT2D eigenvalue weighted by atomic mass is 32.1. The highest BCUT2D eigenvalue weighted by molar-refractivity contribution is 7.71. The average Bonchev–Trinajstić information content (AvgIpc) is 3.38. The summed E-state index contributed by atoms with van der Waals surface area (Å²) in [5.41, 5.74) is 1.32. The van der Waals surface area contributed by atoms with Gasteiger partial charge in [-0.25, -0.2) is 0 Å². The maximum Gasteiger partial charge on any atom is 0.292 e. The molecule has 0 aliphatic carbocycles. The van der Waals surface area contributed by atoms with E-state index in [-0.39, 0.29) is 0 Å². The molecule has 1 aliphatic rings. The molecule has 1 N–H and O–H groups in total. The Morgan fingerprint density at radius 3 is 2.88 bits per heavy atom. The van der Waals surface area contributed by atoms with Crippen molar-refractivity contribution < 1.29 is 18.5 Å². The Hall–Kier alpha value is -2.38. The molecule has 136 valence electrons. The first-order valence-corrected chi connectivity index (χ1v) is 9.34. The molecule has 0 radical (unpaired) electrons. The number of hydrogen-bond donors (Lipinski definition) is 1. The fourth-order valence-electron chi connectivity index (χ4n) is 3.56. The van der Waals surface area contributed by atoms with Crippen molar-refractivity contribution in [2.24, 2.45) is 0 Å². The summed E-state index contributed by atoms with van der Waals surface area (Å²) in [6, 6.07) is 12.5. The van der Waals surface area contributed by atoms with Gasteiger partial charge in [0.15, 0.2) is 12.4 Å². The van der Waals surface area contributed by atoms with Crippen molar-refractivity contribution in [1.82, 2.24) is 9.78 Å². The number of quaternary nitrogens is 1. The molecule has 1 unspecified atom stereocenters. The maximum absolute atomic E-state index is 5.60. The van der Waals surface area contributed by atoms with Gasteiger partial charge in [0, 0.05) is 18.4 Å². The Morgan fingerprint density at radius 1 is 1.31 bits per heavy atom. The minimum Gasteiger partial charge on any atom is -0.494 e. The second-order valence-electron chi connectivity index (χ2n) is 6.41. The minimum atomic E-state index is 0.376. The highest BCUT2D eigenvalue weighted by Crippen LogP contribution is 2.22. The van der Waals surface area contributed by atoms with Gasteiger partial charge in [-0.2, -0.15) is 4.68 Å². The van der Waals surface area contributed by atoms with Gasteiger partial charge in [-0.15, -0.1) is 5.10 Å². The van der Waals surface area contributed by atoms with Crippen LogP contribution in [-0.4, -0.2) is 22.9 Å². The summed E-state index contributed by atoms with van der Waals surface area (Å²) in [6.45, 7) is 4.45. The number of nitrogens with one attached hydrogen (secondary N) is 1. The van der Waals surface area contributed by atoms with Gasteiger partial charge in [0.05, 0.1) is 19.4 Å². The lowest BCUT2D eigenvalue weighted by Gasteiger charge is -2.21. The molecule has 1 aliphatic heterocycles. The van der Waals surface area contributed by atoms with Gasteiger partial charge in [-0.05, 0) is 55.5 Å². The molecule has 2 atom stereocenters. The van der Waals surface area contributed by atoms with Crippen LogP contribution in [0.15, 0.2) is 51.5 Å². The molecular formula is C19H22N3O3S+. The quantitative estimate of drug-likeness (QED) is 0.673. The Balaban J connectivity index is 1.51. The van der Waals surface area contributed by atoms with Crippen LogP contribution < -0.4 is 9.64 Å². The standard InChI is InChI=1S/C19H21N3O3S/c1-2-23-15-9-7-14(8-10-15)16-5-3-11-21(16)13-22-19(26)25-18(20-22)17-6-4-12-24-17/h4,6-10,12,16H,2-3,5,11,13H2,1H3/p+1/t16-/m1/s1. The molecule has 3 heterocycles. The molecule has 1 saturated heterocycles. The predicted molar refractivity (Wildman–Crippen MR) is 98.4 cm³/mol. The lowest BCUT2D eigenvalue weighted by Crippen LogP contribution is -3.09. The number of likely N-dealkylation sites (tertiary alicyclic amines) is 1. The molecule has 0 spiro atoms. The van der Waals surface area contributed by atoms with Gasteiger partial charge < -0.3 is 18.5 Å². The van der Waals surface area contributed by atoms with Crippen molar-refractivity contribution >= 4 is 12.2 Å². The summed E-state index contributed by atoms with van der Waals surface area (Å²) in [5, 5.41) is 4.49. The van der Waals surface area contributed by atoms with Crippen molar-refractivity contribution in [3.63, 3.8) is 0 Å². The van der Waals surface area contributed by atoms with Crippen LogP contribution in [0, 0.1) is 4.84 Å². The zero-order valence-electron chi connectivity index (χ0n) is 14.7. The fraction of sp³-hybridized carbons (Fsp3) is 0.368. The van der Waals surface area contributed by atoms with Crippen molar-refractivity contribution in [3.05, 3.63) is 53.1 Å². The van der Waals surface area contributed by atoms with Gasteiger partial charge >= 0.3 is 0 Å². The van der Waals surface area contributed by atoms with Gasteiger partial charge in [-0.3, -0.25) is 0 Å². The molecule has 26 heavy (non-hydrogen) atoms. The van der Waals surface area contributed by atoms with Gasteiger partial charge in [0.25, 0.3) is 10.7 Å². The van der Waals surface area contributed by atoms with E-state index in [9.17, 15) is 0 Å². The Kier molecular flexibility index (Phi) is 4.90. The number of nitrogens with zero attached hydrogens (tertiary/aromatic N) is 2. The number of benzene rings is 1.